The first kappa shape index (κ1) is 28.9. The van der Waals surface area contributed by atoms with Crippen LogP contribution in [0.2, 0.25) is 0 Å². The molecule has 10 nitrogen and oxygen atoms in total. The van der Waals surface area contributed by atoms with E-state index in [0.717, 1.165) is 16.3 Å². The lowest BCUT2D eigenvalue weighted by molar-refractivity contribution is 0.0987. The van der Waals surface area contributed by atoms with Gasteiger partial charge in [0.05, 0.1) is 17.1 Å². The summed E-state index contributed by atoms with van der Waals surface area (Å²) in [6.07, 6.45) is 4.52. The lowest BCUT2D eigenvalue weighted by Crippen LogP contribution is -2.38. The average Bonchev–Trinajstić information content (AvgIpc) is 3.55. The minimum Gasteiger partial charge on any atom is -0.465 e. The van der Waals surface area contributed by atoms with Crippen LogP contribution in [0.25, 0.3) is 31.8 Å². The number of pyridine rings is 1. The van der Waals surface area contributed by atoms with Crippen molar-refractivity contribution in [2.45, 2.75) is 33.4 Å². The Morgan fingerprint density at radius 2 is 1.98 bits per heavy atom. The van der Waals surface area contributed by atoms with Crippen LogP contribution in [0.3, 0.4) is 0 Å². The van der Waals surface area contributed by atoms with Crippen LogP contribution in [-0.2, 0) is 6.54 Å². The number of thiophene rings is 1. The fourth-order valence-electron chi connectivity index (χ4n) is 5.09. The Hall–Kier alpha value is -4.65. The molecule has 1 atom stereocenters. The molecular formula is C29H29F2N7O3S. The summed E-state index contributed by atoms with van der Waals surface area (Å²) in [6.45, 7) is 6.44. The molecule has 5 rings (SSSR count). The van der Waals surface area contributed by atoms with Crippen molar-refractivity contribution in [1.82, 2.24) is 29.4 Å². The number of fused-ring (bicyclic) bond motifs is 1. The summed E-state index contributed by atoms with van der Waals surface area (Å²) in [4.78, 5) is 40.3. The maximum atomic E-state index is 15.0. The number of carboxylic acid groups (broad SMARTS) is 1. The van der Waals surface area contributed by atoms with E-state index in [1.165, 1.54) is 40.1 Å². The van der Waals surface area contributed by atoms with Crippen LogP contribution in [-0.4, -0.2) is 54.2 Å². The van der Waals surface area contributed by atoms with E-state index >= 15 is 4.39 Å². The second kappa shape index (κ2) is 11.3. The number of hydrogen-bond donors (Lipinski definition) is 3. The first-order chi connectivity index (χ1) is 19.9. The maximum Gasteiger partial charge on any atom is 0.407 e. The first-order valence-corrected chi connectivity index (χ1v) is 13.9. The molecule has 0 saturated carbocycles. The van der Waals surface area contributed by atoms with E-state index in [-0.39, 0.29) is 17.3 Å². The second-order valence-corrected chi connectivity index (χ2v) is 11.9. The number of rotatable bonds is 8. The summed E-state index contributed by atoms with van der Waals surface area (Å²) in [7, 11) is 1.48. The Morgan fingerprint density at radius 1 is 1.19 bits per heavy atom. The minimum absolute atomic E-state index is 0.0952. The van der Waals surface area contributed by atoms with Crippen molar-refractivity contribution in [3.05, 3.63) is 82.9 Å². The molecule has 1 amide bonds. The van der Waals surface area contributed by atoms with Gasteiger partial charge in [0.2, 0.25) is 11.9 Å². The lowest BCUT2D eigenvalue weighted by Gasteiger charge is -2.37. The van der Waals surface area contributed by atoms with Crippen LogP contribution >= 0.6 is 11.3 Å². The number of H-pyrrole nitrogens is 1. The van der Waals surface area contributed by atoms with Gasteiger partial charge in [-0.25, -0.2) is 28.9 Å². The number of carbonyl (C=O) groups is 1. The van der Waals surface area contributed by atoms with Crippen molar-refractivity contribution < 1.29 is 18.7 Å². The monoisotopic (exact) mass is 593 g/mol. The minimum atomic E-state index is -1.12. The van der Waals surface area contributed by atoms with Gasteiger partial charge in [0.1, 0.15) is 5.69 Å². The number of amides is 1. The van der Waals surface area contributed by atoms with Crippen LogP contribution in [0.4, 0.5) is 19.5 Å². The van der Waals surface area contributed by atoms with E-state index in [4.69, 9.17) is 0 Å². The largest absolute Gasteiger partial charge is 0.465 e. The summed E-state index contributed by atoms with van der Waals surface area (Å²) in [6, 6.07) is 7.99. The molecule has 3 N–H and O–H groups in total. The zero-order chi connectivity index (χ0) is 30.2. The highest BCUT2D eigenvalue weighted by Crippen LogP contribution is 2.45. The predicted octanol–water partition coefficient (Wildman–Crippen LogP) is 6.00. The molecule has 13 heteroatoms. The molecule has 0 saturated heterocycles. The van der Waals surface area contributed by atoms with Crippen LogP contribution in [0.15, 0.2) is 59.9 Å². The third-order valence-corrected chi connectivity index (χ3v) is 8.07. The van der Waals surface area contributed by atoms with Crippen molar-refractivity contribution in [2.75, 3.05) is 18.9 Å². The zero-order valence-electron chi connectivity index (χ0n) is 23.4. The summed E-state index contributed by atoms with van der Waals surface area (Å²) in [5.41, 5.74) is 1.03. The van der Waals surface area contributed by atoms with Gasteiger partial charge in [-0.2, -0.15) is 4.39 Å². The molecule has 0 bridgehead atoms. The second-order valence-electron chi connectivity index (χ2n) is 10.9. The van der Waals surface area contributed by atoms with Crippen LogP contribution < -0.4 is 11.0 Å². The van der Waals surface area contributed by atoms with Gasteiger partial charge >= 0.3 is 11.8 Å². The van der Waals surface area contributed by atoms with Gasteiger partial charge in [0.15, 0.2) is 5.82 Å². The molecule has 0 spiro atoms. The van der Waals surface area contributed by atoms with Gasteiger partial charge in [0, 0.05) is 60.6 Å². The Balaban J connectivity index is 1.55. The molecule has 0 aliphatic carbocycles. The van der Waals surface area contributed by atoms with Gasteiger partial charge in [-0.3, -0.25) is 4.57 Å². The van der Waals surface area contributed by atoms with E-state index in [2.05, 4.69) is 25.3 Å². The Labute approximate surface area is 243 Å². The van der Waals surface area contributed by atoms with E-state index in [1.807, 2.05) is 39.0 Å². The third-order valence-electron chi connectivity index (χ3n) is 6.88. The fraction of sp³-hybridized carbons (Fsp3) is 0.276. The van der Waals surface area contributed by atoms with Crippen molar-refractivity contribution >= 4 is 33.5 Å². The van der Waals surface area contributed by atoms with E-state index < -0.39 is 29.3 Å². The number of halogens is 2. The molecule has 42 heavy (non-hydrogen) atoms. The Kier molecular flexibility index (Phi) is 7.78. The molecule has 4 aromatic heterocycles. The van der Waals surface area contributed by atoms with Crippen LogP contribution in [0.5, 0.6) is 0 Å². The van der Waals surface area contributed by atoms with Crippen molar-refractivity contribution in [3.8, 4) is 21.7 Å². The van der Waals surface area contributed by atoms with E-state index in [9.17, 15) is 19.1 Å². The molecule has 0 radical (unpaired) electrons. The summed E-state index contributed by atoms with van der Waals surface area (Å²) >= 11 is 1.29. The van der Waals surface area contributed by atoms with Crippen molar-refractivity contribution in [1.29, 1.82) is 0 Å². The molecular weight excluding hydrogens is 564 g/mol. The highest BCUT2D eigenvalue weighted by atomic mass is 32.1. The summed E-state index contributed by atoms with van der Waals surface area (Å²) < 4.78 is 31.9. The summed E-state index contributed by atoms with van der Waals surface area (Å²) in [5.74, 6) is -1.11. The number of hydrogen-bond acceptors (Lipinski definition) is 7. The number of aromatic amines is 1. The molecule has 4 heterocycles. The average molecular weight is 594 g/mol. The molecule has 0 aliphatic rings. The number of imidazole rings is 1. The molecule has 0 aliphatic heterocycles. The number of anilines is 1. The van der Waals surface area contributed by atoms with Gasteiger partial charge in [0.25, 0.3) is 0 Å². The number of nitrogens with one attached hydrogen (secondary N) is 2. The highest BCUT2D eigenvalue weighted by molar-refractivity contribution is 7.22. The number of aromatic nitrogens is 5. The summed E-state index contributed by atoms with van der Waals surface area (Å²) in [5, 5.41) is 13.6. The predicted molar refractivity (Wildman–Crippen MR) is 158 cm³/mol. The maximum absolute atomic E-state index is 15.0. The van der Waals surface area contributed by atoms with Crippen molar-refractivity contribution in [3.63, 3.8) is 0 Å². The normalized spacial score (nSPS) is 12.4. The smallest absolute Gasteiger partial charge is 0.407 e. The van der Waals surface area contributed by atoms with Gasteiger partial charge in [-0.1, -0.05) is 39.0 Å². The standard InChI is InChI=1S/C29H29F2N7O3S/c1-29(2,3)25(37(4)28(40)41)19-14-34-22(31)13-18(19)17-7-5-6-16-12-21(42-24(16)17)23-20(30)15-35-26(36-23)32-8-10-38-11-9-33-27(38)39/h5-7,9,11-15,25H,8,10H2,1-4H3,(H,33,39)(H,40,41)(H,32,35,36). The Bertz CT molecular complexity index is 1830. The quantitative estimate of drug-likeness (QED) is 0.188. The van der Waals surface area contributed by atoms with Gasteiger partial charge in [-0.05, 0) is 22.4 Å². The number of benzene rings is 1. The van der Waals surface area contributed by atoms with Crippen LogP contribution in [0.1, 0.15) is 32.4 Å². The molecule has 1 aromatic carbocycles. The van der Waals surface area contributed by atoms with Crippen molar-refractivity contribution in [2.24, 2.45) is 5.41 Å². The molecule has 1 unspecified atom stereocenters. The Morgan fingerprint density at radius 3 is 2.67 bits per heavy atom. The zero-order valence-corrected chi connectivity index (χ0v) is 24.2. The SMILES string of the molecule is CN(C(=O)O)C(c1cnc(F)cc1-c1cccc2cc(-c3nc(NCCn4cc[nH]c4=O)ncc3F)sc12)C(C)(C)C. The molecule has 0 fully saturated rings. The number of nitrogens with zero attached hydrogens (tertiary/aromatic N) is 5. The third kappa shape index (κ3) is 5.73. The highest BCUT2D eigenvalue weighted by Gasteiger charge is 2.35. The first-order valence-electron chi connectivity index (χ1n) is 13.1. The fourth-order valence-corrected chi connectivity index (χ4v) is 6.27. The van der Waals surface area contributed by atoms with E-state index in [0.29, 0.717) is 34.7 Å². The topological polar surface area (TPSA) is 129 Å². The molecule has 218 valence electrons. The van der Waals surface area contributed by atoms with Gasteiger partial charge in [-0.15, -0.1) is 11.3 Å². The van der Waals surface area contributed by atoms with Gasteiger partial charge < -0.3 is 20.3 Å². The van der Waals surface area contributed by atoms with Crippen LogP contribution in [0, 0.1) is 17.2 Å². The molecule has 5 aromatic rings. The van der Waals surface area contributed by atoms with E-state index in [1.54, 1.807) is 18.5 Å². The lowest BCUT2D eigenvalue weighted by atomic mass is 9.79.